The number of aromatic nitrogens is 4. The topological polar surface area (TPSA) is 51.3 Å². The van der Waals surface area contributed by atoms with E-state index in [0.29, 0.717) is 0 Å². The molecule has 0 unspecified atom stereocenters. The molecule has 0 amide bonds. The van der Waals surface area contributed by atoms with Crippen LogP contribution >= 0.6 is 0 Å². The fourth-order valence-corrected chi connectivity index (χ4v) is 3.43. The summed E-state index contributed by atoms with van der Waals surface area (Å²) < 4.78 is 1.82. The molecular formula is C19H23N6+. The molecule has 25 heavy (non-hydrogen) atoms. The highest BCUT2D eigenvalue weighted by Crippen LogP contribution is 2.15. The van der Waals surface area contributed by atoms with Gasteiger partial charge in [-0.25, -0.2) is 0 Å². The summed E-state index contributed by atoms with van der Waals surface area (Å²) in [5, 5.41) is 12.3. The highest BCUT2D eigenvalue weighted by atomic mass is 15.6. The lowest BCUT2D eigenvalue weighted by molar-refractivity contribution is -0.914. The number of hydrogen-bond donors (Lipinski definition) is 1. The molecule has 0 atom stereocenters. The third kappa shape index (κ3) is 3.53. The zero-order chi connectivity index (χ0) is 17.1. The van der Waals surface area contributed by atoms with E-state index in [0.717, 1.165) is 44.4 Å². The fraction of sp³-hybridized carbons (Fsp3) is 0.316. The maximum atomic E-state index is 4.26. The van der Waals surface area contributed by atoms with Crippen LogP contribution in [0.15, 0.2) is 54.6 Å². The molecule has 128 valence electrons. The monoisotopic (exact) mass is 335 g/mol. The normalized spacial score (nSPS) is 15.5. The predicted molar refractivity (Wildman–Crippen MR) is 96.9 cm³/mol. The average molecular weight is 335 g/mol. The fourth-order valence-electron chi connectivity index (χ4n) is 3.43. The smallest absolute Gasteiger partial charge is 0.250 e. The second-order valence-corrected chi connectivity index (χ2v) is 6.63. The van der Waals surface area contributed by atoms with Crippen LogP contribution in [0.5, 0.6) is 0 Å². The largest absolute Gasteiger partial charge is 0.328 e. The van der Waals surface area contributed by atoms with Crippen LogP contribution < -0.4 is 9.80 Å². The third-order valence-electron chi connectivity index (χ3n) is 4.74. The number of anilines is 1. The van der Waals surface area contributed by atoms with E-state index in [-0.39, 0.29) is 0 Å². The minimum atomic E-state index is 0.834. The maximum absolute atomic E-state index is 4.26. The number of hydrogen-bond acceptors (Lipinski definition) is 4. The standard InChI is InChI=1S/C19H22N6/c1-16-6-5-7-17(14-16)15-23-10-12-24(13-11-23)19-20-21-22-25(19)18-8-3-2-4-9-18/h2-9,14H,10-13,15H2,1H3/p+1. The summed E-state index contributed by atoms with van der Waals surface area (Å²) in [6.45, 7) is 7.35. The summed E-state index contributed by atoms with van der Waals surface area (Å²) in [5.74, 6) is 0.834. The molecule has 1 N–H and O–H groups in total. The molecule has 4 rings (SSSR count). The molecule has 0 saturated carbocycles. The van der Waals surface area contributed by atoms with Gasteiger partial charge in [-0.1, -0.05) is 53.1 Å². The second-order valence-electron chi connectivity index (χ2n) is 6.63. The molecule has 6 nitrogen and oxygen atoms in total. The van der Waals surface area contributed by atoms with Crippen LogP contribution in [0.1, 0.15) is 11.1 Å². The molecule has 1 fully saturated rings. The molecule has 0 aliphatic carbocycles. The Morgan fingerprint density at radius 2 is 1.80 bits per heavy atom. The first-order valence-corrected chi connectivity index (χ1v) is 8.77. The van der Waals surface area contributed by atoms with E-state index in [1.165, 1.54) is 11.1 Å². The van der Waals surface area contributed by atoms with E-state index in [1.54, 1.807) is 4.90 Å². The molecule has 3 aromatic rings. The van der Waals surface area contributed by atoms with Gasteiger partial charge in [0, 0.05) is 5.56 Å². The van der Waals surface area contributed by atoms with Gasteiger partial charge in [0.25, 0.3) is 5.95 Å². The Labute approximate surface area is 147 Å². The van der Waals surface area contributed by atoms with Crippen LogP contribution in [-0.2, 0) is 6.54 Å². The molecule has 2 heterocycles. The first-order valence-electron chi connectivity index (χ1n) is 8.77. The average Bonchev–Trinajstić information content (AvgIpc) is 3.13. The first kappa shape index (κ1) is 15.8. The number of quaternary nitrogens is 1. The lowest BCUT2D eigenvalue weighted by atomic mass is 10.1. The van der Waals surface area contributed by atoms with E-state index >= 15 is 0 Å². The number of rotatable bonds is 4. The van der Waals surface area contributed by atoms with Gasteiger partial charge >= 0.3 is 0 Å². The van der Waals surface area contributed by atoms with Gasteiger partial charge in [0.1, 0.15) is 6.54 Å². The second kappa shape index (κ2) is 7.03. The van der Waals surface area contributed by atoms with Crippen molar-refractivity contribution in [2.24, 2.45) is 0 Å². The number of nitrogens with zero attached hydrogens (tertiary/aromatic N) is 5. The Kier molecular flexibility index (Phi) is 4.43. The molecular weight excluding hydrogens is 312 g/mol. The minimum Gasteiger partial charge on any atom is -0.328 e. The van der Waals surface area contributed by atoms with E-state index < -0.39 is 0 Å². The Morgan fingerprint density at radius 1 is 1.00 bits per heavy atom. The number of piperazine rings is 1. The summed E-state index contributed by atoms with van der Waals surface area (Å²) in [5.41, 5.74) is 3.74. The van der Waals surface area contributed by atoms with Gasteiger partial charge in [-0.15, -0.1) is 0 Å². The van der Waals surface area contributed by atoms with Gasteiger partial charge in [0.05, 0.1) is 31.9 Å². The Morgan fingerprint density at radius 3 is 2.56 bits per heavy atom. The van der Waals surface area contributed by atoms with Gasteiger partial charge < -0.3 is 9.80 Å². The molecule has 2 aromatic carbocycles. The highest BCUT2D eigenvalue weighted by molar-refractivity contribution is 5.40. The molecule has 1 aliphatic rings. The maximum Gasteiger partial charge on any atom is 0.250 e. The predicted octanol–water partition coefficient (Wildman–Crippen LogP) is 0.876. The summed E-state index contributed by atoms with van der Waals surface area (Å²) >= 11 is 0. The summed E-state index contributed by atoms with van der Waals surface area (Å²) in [6, 6.07) is 18.9. The van der Waals surface area contributed by atoms with Crippen LogP contribution in [0.2, 0.25) is 0 Å². The van der Waals surface area contributed by atoms with E-state index in [2.05, 4.69) is 51.6 Å². The van der Waals surface area contributed by atoms with Crippen molar-refractivity contribution in [1.82, 2.24) is 20.2 Å². The number of benzene rings is 2. The van der Waals surface area contributed by atoms with Crippen LogP contribution in [0.3, 0.4) is 0 Å². The number of tetrazole rings is 1. The van der Waals surface area contributed by atoms with Crippen molar-refractivity contribution >= 4 is 5.95 Å². The number of para-hydroxylation sites is 1. The van der Waals surface area contributed by atoms with Crippen molar-refractivity contribution < 1.29 is 4.90 Å². The quantitative estimate of drug-likeness (QED) is 0.769. The van der Waals surface area contributed by atoms with Crippen LogP contribution in [0.4, 0.5) is 5.95 Å². The summed E-state index contributed by atoms with van der Waals surface area (Å²) in [6.07, 6.45) is 0. The van der Waals surface area contributed by atoms with Gasteiger partial charge in [-0.3, -0.25) is 0 Å². The Balaban J connectivity index is 1.42. The highest BCUT2D eigenvalue weighted by Gasteiger charge is 2.24. The number of nitrogens with one attached hydrogen (secondary N) is 1. The SMILES string of the molecule is Cc1cccc(C[NH+]2CCN(c3nnnn3-c3ccccc3)CC2)c1. The zero-order valence-corrected chi connectivity index (χ0v) is 14.5. The van der Waals surface area contributed by atoms with Gasteiger partial charge in [-0.2, -0.15) is 4.68 Å². The molecule has 1 aliphatic heterocycles. The molecule has 0 spiro atoms. The van der Waals surface area contributed by atoms with Crippen molar-refractivity contribution in [3.05, 3.63) is 65.7 Å². The molecule has 0 bridgehead atoms. The van der Waals surface area contributed by atoms with Crippen LogP contribution in [0, 0.1) is 6.92 Å². The van der Waals surface area contributed by atoms with Gasteiger partial charge in [0.2, 0.25) is 0 Å². The lowest BCUT2D eigenvalue weighted by Crippen LogP contribution is -3.13. The van der Waals surface area contributed by atoms with Gasteiger partial charge in [-0.05, 0) is 29.5 Å². The Bertz CT molecular complexity index is 821. The van der Waals surface area contributed by atoms with Crippen molar-refractivity contribution in [3.63, 3.8) is 0 Å². The number of aryl methyl sites for hydroxylation is 1. The third-order valence-corrected chi connectivity index (χ3v) is 4.74. The van der Waals surface area contributed by atoms with Crippen LogP contribution in [0.25, 0.3) is 5.69 Å². The minimum absolute atomic E-state index is 0.834. The molecule has 1 aromatic heterocycles. The summed E-state index contributed by atoms with van der Waals surface area (Å²) in [7, 11) is 0. The van der Waals surface area contributed by atoms with Crippen LogP contribution in [-0.4, -0.2) is 46.4 Å². The van der Waals surface area contributed by atoms with Crippen molar-refractivity contribution in [1.29, 1.82) is 0 Å². The molecule has 6 heteroatoms. The van der Waals surface area contributed by atoms with E-state index in [4.69, 9.17) is 0 Å². The zero-order valence-electron chi connectivity index (χ0n) is 14.5. The van der Waals surface area contributed by atoms with Crippen molar-refractivity contribution in [2.45, 2.75) is 13.5 Å². The first-order chi connectivity index (χ1) is 12.3. The Hall–Kier alpha value is -2.73. The van der Waals surface area contributed by atoms with Gasteiger partial charge in [0.15, 0.2) is 0 Å². The summed E-state index contributed by atoms with van der Waals surface area (Å²) in [4.78, 5) is 3.90. The molecule has 0 radical (unpaired) electrons. The molecule has 1 saturated heterocycles. The van der Waals surface area contributed by atoms with Crippen molar-refractivity contribution in [2.75, 3.05) is 31.1 Å². The van der Waals surface area contributed by atoms with E-state index in [1.807, 2.05) is 35.0 Å². The van der Waals surface area contributed by atoms with E-state index in [9.17, 15) is 0 Å². The van der Waals surface area contributed by atoms with Crippen molar-refractivity contribution in [3.8, 4) is 5.69 Å². The lowest BCUT2D eigenvalue weighted by Gasteiger charge is -2.32.